The second kappa shape index (κ2) is 4.98. The third-order valence-electron chi connectivity index (χ3n) is 4.02. The summed E-state index contributed by atoms with van der Waals surface area (Å²) in [6.45, 7) is 2.79. The lowest BCUT2D eigenvalue weighted by Gasteiger charge is -2.10. The number of carbonyl (C=O) groups excluding carboxylic acids is 1. The molecule has 0 aromatic carbocycles. The first-order chi connectivity index (χ1) is 9.61. The number of halogens is 1. The highest BCUT2D eigenvalue weighted by atomic mass is 32.1. The number of hydrogen-bond acceptors (Lipinski definition) is 3. The van der Waals surface area contributed by atoms with Gasteiger partial charge in [-0.3, -0.25) is 9.78 Å². The molecule has 1 aliphatic carbocycles. The molecule has 0 radical (unpaired) electrons. The molecule has 0 aliphatic heterocycles. The maximum absolute atomic E-state index is 13.4. The molecule has 1 saturated carbocycles. The van der Waals surface area contributed by atoms with Gasteiger partial charge < -0.3 is 5.32 Å². The Bertz CT molecular complexity index is 629. The summed E-state index contributed by atoms with van der Waals surface area (Å²) in [6, 6.07) is 5.58. The normalized spacial score (nSPS) is 24.4. The lowest BCUT2D eigenvalue weighted by Crippen LogP contribution is -2.28. The molecule has 2 aromatic heterocycles. The quantitative estimate of drug-likeness (QED) is 0.940. The monoisotopic (exact) mass is 290 g/mol. The molecular weight excluding hydrogens is 275 g/mol. The highest BCUT2D eigenvalue weighted by molar-refractivity contribution is 7.10. The summed E-state index contributed by atoms with van der Waals surface area (Å²) in [7, 11) is 0. The summed E-state index contributed by atoms with van der Waals surface area (Å²) in [5, 5.41) is 4.89. The average molecular weight is 290 g/mol. The van der Waals surface area contributed by atoms with Gasteiger partial charge in [0.05, 0.1) is 11.8 Å². The van der Waals surface area contributed by atoms with Crippen LogP contribution in [0, 0.1) is 11.7 Å². The van der Waals surface area contributed by atoms with Crippen LogP contribution in [0.3, 0.4) is 0 Å². The van der Waals surface area contributed by atoms with Gasteiger partial charge in [-0.15, -0.1) is 11.3 Å². The van der Waals surface area contributed by atoms with E-state index in [2.05, 4.69) is 28.7 Å². The van der Waals surface area contributed by atoms with Crippen LogP contribution < -0.4 is 5.32 Å². The minimum atomic E-state index is -0.582. The fraction of sp³-hybridized carbons (Fsp3) is 0.333. The van der Waals surface area contributed by atoms with Gasteiger partial charge >= 0.3 is 0 Å². The second-order valence-corrected chi connectivity index (χ2v) is 6.31. The smallest absolute Gasteiger partial charge is 0.254 e. The fourth-order valence-corrected chi connectivity index (χ4v) is 3.51. The van der Waals surface area contributed by atoms with Crippen LogP contribution in [-0.4, -0.2) is 17.4 Å². The molecule has 1 aliphatic rings. The maximum Gasteiger partial charge on any atom is 0.254 e. The van der Waals surface area contributed by atoms with Crippen LogP contribution in [-0.2, 0) is 5.41 Å². The Kier molecular flexibility index (Phi) is 3.30. The van der Waals surface area contributed by atoms with Crippen molar-refractivity contribution in [1.29, 1.82) is 0 Å². The Morgan fingerprint density at radius 1 is 1.60 bits per heavy atom. The summed E-state index contributed by atoms with van der Waals surface area (Å²) in [4.78, 5) is 16.9. The topological polar surface area (TPSA) is 42.0 Å². The molecule has 5 heteroatoms. The predicted octanol–water partition coefficient (Wildman–Crippen LogP) is 2.99. The fourth-order valence-electron chi connectivity index (χ4n) is 2.53. The number of thiophene rings is 1. The highest BCUT2D eigenvalue weighted by Gasteiger charge is 2.51. The van der Waals surface area contributed by atoms with Gasteiger partial charge in [0.25, 0.3) is 5.91 Å². The van der Waals surface area contributed by atoms with E-state index in [0.717, 1.165) is 12.6 Å². The molecule has 104 valence electrons. The molecule has 1 N–H and O–H groups in total. The third-order valence-corrected chi connectivity index (χ3v) is 5.17. The zero-order valence-corrected chi connectivity index (χ0v) is 11.9. The first-order valence-electron chi connectivity index (χ1n) is 6.53. The number of amides is 1. The van der Waals surface area contributed by atoms with Crippen molar-refractivity contribution in [2.75, 3.05) is 6.54 Å². The van der Waals surface area contributed by atoms with Crippen molar-refractivity contribution < 1.29 is 9.18 Å². The Balaban J connectivity index is 1.59. The van der Waals surface area contributed by atoms with Crippen molar-refractivity contribution in [2.45, 2.75) is 18.8 Å². The van der Waals surface area contributed by atoms with Gasteiger partial charge in [-0.2, -0.15) is 0 Å². The third kappa shape index (κ3) is 2.33. The minimum Gasteiger partial charge on any atom is -0.352 e. The number of nitrogens with one attached hydrogen (secondary N) is 1. The molecule has 1 amide bonds. The largest absolute Gasteiger partial charge is 0.352 e. The molecule has 0 unspecified atom stereocenters. The van der Waals surface area contributed by atoms with Gasteiger partial charge in [0.2, 0.25) is 0 Å². The van der Waals surface area contributed by atoms with Gasteiger partial charge in [0.1, 0.15) is 0 Å². The van der Waals surface area contributed by atoms with Gasteiger partial charge in [0, 0.05) is 23.0 Å². The van der Waals surface area contributed by atoms with E-state index in [1.54, 1.807) is 11.3 Å². The first-order valence-corrected chi connectivity index (χ1v) is 7.41. The van der Waals surface area contributed by atoms with Gasteiger partial charge in [0.15, 0.2) is 5.82 Å². The molecule has 3 rings (SSSR count). The lowest BCUT2D eigenvalue weighted by atomic mass is 10.0. The van der Waals surface area contributed by atoms with E-state index in [1.807, 2.05) is 6.07 Å². The van der Waals surface area contributed by atoms with Gasteiger partial charge in [-0.25, -0.2) is 4.39 Å². The highest BCUT2D eigenvalue weighted by Crippen LogP contribution is 2.54. The Morgan fingerprint density at radius 3 is 3.15 bits per heavy atom. The first kappa shape index (κ1) is 13.2. The number of carbonyl (C=O) groups is 1. The molecule has 2 aromatic rings. The number of hydrogen-bond donors (Lipinski definition) is 1. The van der Waals surface area contributed by atoms with Crippen LogP contribution in [0.15, 0.2) is 36.0 Å². The van der Waals surface area contributed by atoms with E-state index in [0.29, 0.717) is 12.5 Å². The molecule has 3 nitrogen and oxygen atoms in total. The summed E-state index contributed by atoms with van der Waals surface area (Å²) in [6.07, 6.45) is 3.54. The van der Waals surface area contributed by atoms with Crippen LogP contribution in [0.4, 0.5) is 4.39 Å². The van der Waals surface area contributed by atoms with Crippen molar-refractivity contribution in [1.82, 2.24) is 10.3 Å². The van der Waals surface area contributed by atoms with E-state index < -0.39 is 5.82 Å². The number of nitrogens with zero attached hydrogens (tertiary/aromatic N) is 1. The average Bonchev–Trinajstić information content (AvgIpc) is 2.89. The van der Waals surface area contributed by atoms with Crippen LogP contribution in [0.1, 0.15) is 28.6 Å². The van der Waals surface area contributed by atoms with Crippen LogP contribution in [0.2, 0.25) is 0 Å². The Labute approximate surface area is 120 Å². The van der Waals surface area contributed by atoms with Crippen LogP contribution in [0.25, 0.3) is 0 Å². The summed E-state index contributed by atoms with van der Waals surface area (Å²) < 4.78 is 13.4. The second-order valence-electron chi connectivity index (χ2n) is 5.36. The summed E-state index contributed by atoms with van der Waals surface area (Å²) in [5.41, 5.74) is 0.219. The molecule has 0 bridgehead atoms. The molecule has 2 atom stereocenters. The molecule has 1 fully saturated rings. The molecule has 0 spiro atoms. The Morgan fingerprint density at radius 2 is 2.45 bits per heavy atom. The Hall–Kier alpha value is -1.75. The predicted molar refractivity (Wildman–Crippen MR) is 76.3 cm³/mol. The zero-order valence-electron chi connectivity index (χ0n) is 11.1. The van der Waals surface area contributed by atoms with E-state index in [9.17, 15) is 9.18 Å². The zero-order chi connectivity index (χ0) is 14.2. The number of rotatable bonds is 4. The molecule has 20 heavy (non-hydrogen) atoms. The van der Waals surface area contributed by atoms with Crippen LogP contribution in [0.5, 0.6) is 0 Å². The molecule has 2 heterocycles. The lowest BCUT2D eigenvalue weighted by molar-refractivity contribution is 0.0947. The minimum absolute atomic E-state index is 0.0541. The summed E-state index contributed by atoms with van der Waals surface area (Å²) >= 11 is 1.75. The van der Waals surface area contributed by atoms with E-state index in [-0.39, 0.29) is 16.9 Å². The summed E-state index contributed by atoms with van der Waals surface area (Å²) in [5.74, 6) is -0.526. The van der Waals surface area contributed by atoms with E-state index >= 15 is 0 Å². The van der Waals surface area contributed by atoms with Crippen molar-refractivity contribution >= 4 is 17.2 Å². The SMILES string of the molecule is C[C@@]1(c2cccs2)C[C@@H]1CNC(=O)c1ccncc1F. The number of aromatic nitrogens is 1. The number of pyridine rings is 1. The van der Waals surface area contributed by atoms with Gasteiger partial charge in [-0.05, 0) is 29.9 Å². The molecule has 0 saturated heterocycles. The maximum atomic E-state index is 13.4. The van der Waals surface area contributed by atoms with E-state index in [4.69, 9.17) is 0 Å². The molecular formula is C15H15FN2OS. The van der Waals surface area contributed by atoms with Crippen LogP contribution >= 0.6 is 11.3 Å². The standard InChI is InChI=1S/C15H15FN2OS/c1-15(13-3-2-6-20-13)7-10(15)8-18-14(19)11-4-5-17-9-12(11)16/h2-6,9-10H,7-8H2,1H3,(H,18,19)/t10-,15-/m1/s1. The van der Waals surface area contributed by atoms with Crippen molar-refractivity contribution in [3.8, 4) is 0 Å². The van der Waals surface area contributed by atoms with Gasteiger partial charge in [-0.1, -0.05) is 13.0 Å². The van der Waals surface area contributed by atoms with E-state index in [1.165, 1.54) is 17.1 Å². The van der Waals surface area contributed by atoms with Crippen molar-refractivity contribution in [3.63, 3.8) is 0 Å². The van der Waals surface area contributed by atoms with Crippen molar-refractivity contribution in [3.05, 3.63) is 52.2 Å². The van der Waals surface area contributed by atoms with Crippen molar-refractivity contribution in [2.24, 2.45) is 5.92 Å².